The van der Waals surface area contributed by atoms with Crippen molar-refractivity contribution >= 4 is 40.9 Å². The number of fused-ring (bicyclic) bond motifs is 6. The summed E-state index contributed by atoms with van der Waals surface area (Å²) >= 11 is 0. The van der Waals surface area contributed by atoms with E-state index < -0.39 is 7.92 Å². The zero-order chi connectivity index (χ0) is 23.6. The number of hydrogen-bond donors (Lipinski definition) is 0. The lowest BCUT2D eigenvalue weighted by atomic mass is 9.82. The number of rotatable bonds is 2. The molecule has 0 saturated carbocycles. The molecule has 7 rings (SSSR count). The van der Waals surface area contributed by atoms with E-state index in [1.807, 2.05) is 0 Å². The molecule has 1 aliphatic heterocycles. The molecule has 35 heavy (non-hydrogen) atoms. The molecule has 0 radical (unpaired) electrons. The second-order valence-electron chi connectivity index (χ2n) is 9.86. The van der Waals surface area contributed by atoms with Crippen LogP contribution in [0.1, 0.15) is 25.0 Å². The lowest BCUT2D eigenvalue weighted by Gasteiger charge is -2.39. The van der Waals surface area contributed by atoms with Crippen molar-refractivity contribution in [2.24, 2.45) is 0 Å². The number of anilines is 3. The van der Waals surface area contributed by atoms with E-state index in [2.05, 4.69) is 140 Å². The summed E-state index contributed by atoms with van der Waals surface area (Å²) in [5.41, 5.74) is 9.46. The van der Waals surface area contributed by atoms with Crippen molar-refractivity contribution in [3.8, 4) is 11.1 Å². The molecule has 5 aromatic rings. The first-order valence-electron chi connectivity index (χ1n) is 12.2. The number of hydrogen-bond acceptors (Lipinski definition) is 1. The summed E-state index contributed by atoms with van der Waals surface area (Å²) < 4.78 is 0. The van der Waals surface area contributed by atoms with Crippen LogP contribution >= 0.6 is 7.92 Å². The van der Waals surface area contributed by atoms with Gasteiger partial charge < -0.3 is 4.90 Å². The van der Waals surface area contributed by atoms with Crippen LogP contribution in [0.15, 0.2) is 121 Å². The Balaban J connectivity index is 1.63. The molecule has 1 heterocycles. The normalized spacial score (nSPS) is 16.7. The second kappa shape index (κ2) is 7.67. The summed E-state index contributed by atoms with van der Waals surface area (Å²) in [6, 6.07) is 44.7. The minimum absolute atomic E-state index is 0.0206. The maximum Gasteiger partial charge on any atom is 0.0551 e. The fourth-order valence-electron chi connectivity index (χ4n) is 5.96. The van der Waals surface area contributed by atoms with Gasteiger partial charge in [0.1, 0.15) is 0 Å². The van der Waals surface area contributed by atoms with E-state index in [1.54, 1.807) is 0 Å². The van der Waals surface area contributed by atoms with Crippen LogP contribution < -0.4 is 20.8 Å². The van der Waals surface area contributed by atoms with Gasteiger partial charge in [0.25, 0.3) is 0 Å². The molecule has 0 bridgehead atoms. The molecule has 0 fully saturated rings. The monoisotopic (exact) mass is 467 g/mol. The SMILES string of the molecule is CC1(C)c2ccccc2-c2c1ccc1c2P(c2ccccc2)c2ccccc2N1c1ccccc1. The molecular weight excluding hydrogens is 441 g/mol. The third kappa shape index (κ3) is 2.92. The van der Waals surface area contributed by atoms with Crippen molar-refractivity contribution in [2.75, 3.05) is 4.90 Å². The van der Waals surface area contributed by atoms with Crippen molar-refractivity contribution < 1.29 is 0 Å². The van der Waals surface area contributed by atoms with Crippen molar-refractivity contribution in [1.82, 2.24) is 0 Å². The molecule has 2 heteroatoms. The van der Waals surface area contributed by atoms with Crippen molar-refractivity contribution in [3.05, 3.63) is 132 Å². The van der Waals surface area contributed by atoms with Gasteiger partial charge in [0.15, 0.2) is 0 Å². The Labute approximate surface area is 208 Å². The summed E-state index contributed by atoms with van der Waals surface area (Å²) in [5, 5.41) is 4.30. The summed E-state index contributed by atoms with van der Waals surface area (Å²) in [5.74, 6) is 0. The van der Waals surface area contributed by atoms with E-state index in [-0.39, 0.29) is 5.41 Å². The number of para-hydroxylation sites is 2. The standard InChI is InChI=1S/C33H26NP/c1-33(2)26-18-10-9-17-25(26)31-27(33)21-22-29-32(31)35(24-15-7-4-8-16-24)30-20-12-11-19-28(30)34(29)23-13-5-3-6-14-23/h3-22H,1-2H3. The fraction of sp³-hybridized carbons (Fsp3) is 0.0909. The molecule has 0 aromatic heterocycles. The van der Waals surface area contributed by atoms with Crippen molar-refractivity contribution in [3.63, 3.8) is 0 Å². The predicted molar refractivity (Wildman–Crippen MR) is 151 cm³/mol. The second-order valence-corrected chi connectivity index (χ2v) is 12.0. The van der Waals surface area contributed by atoms with Crippen LogP contribution in [0.3, 0.4) is 0 Å². The fourth-order valence-corrected chi connectivity index (χ4v) is 8.72. The Kier molecular flexibility index (Phi) is 4.53. The molecule has 0 spiro atoms. The Bertz CT molecular complexity index is 1570. The summed E-state index contributed by atoms with van der Waals surface area (Å²) in [6.45, 7) is 4.75. The Morgan fingerprint density at radius 1 is 0.571 bits per heavy atom. The molecule has 0 amide bonds. The topological polar surface area (TPSA) is 3.24 Å². The zero-order valence-corrected chi connectivity index (χ0v) is 20.8. The van der Waals surface area contributed by atoms with E-state index in [1.165, 1.54) is 55.2 Å². The molecule has 5 aromatic carbocycles. The van der Waals surface area contributed by atoms with Gasteiger partial charge in [-0.3, -0.25) is 0 Å². The van der Waals surface area contributed by atoms with Crippen molar-refractivity contribution in [1.29, 1.82) is 0 Å². The number of nitrogens with zero attached hydrogens (tertiary/aromatic N) is 1. The first kappa shape index (κ1) is 20.7. The van der Waals surface area contributed by atoms with Crippen LogP contribution in [0, 0.1) is 0 Å². The van der Waals surface area contributed by atoms with Gasteiger partial charge in [0, 0.05) is 21.7 Å². The Hall–Kier alpha value is -3.67. The highest BCUT2D eigenvalue weighted by atomic mass is 31.1. The van der Waals surface area contributed by atoms with Gasteiger partial charge in [-0.25, -0.2) is 0 Å². The Morgan fingerprint density at radius 2 is 1.23 bits per heavy atom. The quantitative estimate of drug-likeness (QED) is 0.238. The van der Waals surface area contributed by atoms with Gasteiger partial charge >= 0.3 is 0 Å². The molecule has 0 saturated heterocycles. The summed E-state index contributed by atoms with van der Waals surface area (Å²) in [7, 11) is -0.726. The van der Waals surface area contributed by atoms with E-state index in [9.17, 15) is 0 Å². The third-order valence-electron chi connectivity index (χ3n) is 7.56. The predicted octanol–water partition coefficient (Wildman–Crippen LogP) is 7.53. The van der Waals surface area contributed by atoms with E-state index in [0.717, 1.165) is 0 Å². The van der Waals surface area contributed by atoms with E-state index in [0.29, 0.717) is 0 Å². The lowest BCUT2D eigenvalue weighted by Crippen LogP contribution is -2.35. The van der Waals surface area contributed by atoms with Crippen molar-refractivity contribution in [2.45, 2.75) is 19.3 Å². The van der Waals surface area contributed by atoms with Gasteiger partial charge in [0.2, 0.25) is 0 Å². The first-order valence-corrected chi connectivity index (χ1v) is 13.6. The van der Waals surface area contributed by atoms with Crippen LogP contribution in [0.4, 0.5) is 17.1 Å². The van der Waals surface area contributed by atoms with Crippen LogP contribution in [0.2, 0.25) is 0 Å². The molecule has 0 N–H and O–H groups in total. The highest BCUT2D eigenvalue weighted by molar-refractivity contribution is 7.80. The van der Waals surface area contributed by atoms with E-state index in [4.69, 9.17) is 0 Å². The average Bonchev–Trinajstić information content (AvgIpc) is 3.15. The minimum atomic E-state index is -0.726. The molecule has 1 unspecified atom stereocenters. The van der Waals surface area contributed by atoms with Gasteiger partial charge in [-0.2, -0.15) is 0 Å². The molecule has 1 nitrogen and oxygen atoms in total. The van der Waals surface area contributed by atoms with Crippen LogP contribution in [0.25, 0.3) is 11.1 Å². The zero-order valence-electron chi connectivity index (χ0n) is 19.9. The van der Waals surface area contributed by atoms with E-state index >= 15 is 0 Å². The van der Waals surface area contributed by atoms with Gasteiger partial charge in [-0.1, -0.05) is 111 Å². The Morgan fingerprint density at radius 3 is 2.03 bits per heavy atom. The molecule has 168 valence electrons. The van der Waals surface area contributed by atoms with Crippen LogP contribution in [0.5, 0.6) is 0 Å². The maximum atomic E-state index is 2.47. The molecular formula is C33H26NP. The van der Waals surface area contributed by atoms with Gasteiger partial charge in [0.05, 0.1) is 11.4 Å². The molecule has 1 atom stereocenters. The minimum Gasteiger partial charge on any atom is -0.309 e. The van der Waals surface area contributed by atoms with Gasteiger partial charge in [-0.15, -0.1) is 0 Å². The van der Waals surface area contributed by atoms with Gasteiger partial charge in [-0.05, 0) is 59.7 Å². The smallest absolute Gasteiger partial charge is 0.0551 e. The maximum absolute atomic E-state index is 2.47. The lowest BCUT2D eigenvalue weighted by molar-refractivity contribution is 0.660. The molecule has 1 aliphatic carbocycles. The van der Waals surface area contributed by atoms with Crippen LogP contribution in [-0.2, 0) is 5.41 Å². The largest absolute Gasteiger partial charge is 0.309 e. The number of benzene rings is 5. The highest BCUT2D eigenvalue weighted by Gasteiger charge is 2.42. The average molecular weight is 468 g/mol. The van der Waals surface area contributed by atoms with Crippen LogP contribution in [-0.4, -0.2) is 0 Å². The summed E-state index contributed by atoms with van der Waals surface area (Å²) in [6.07, 6.45) is 0. The highest BCUT2D eigenvalue weighted by Crippen LogP contribution is 2.56. The first-order chi connectivity index (χ1) is 17.2. The third-order valence-corrected chi connectivity index (χ3v) is 10.1. The summed E-state index contributed by atoms with van der Waals surface area (Å²) in [4.78, 5) is 2.47. The molecule has 2 aliphatic rings.